The Balaban J connectivity index is 2.50. The third kappa shape index (κ3) is 5.17. The first-order valence-electron chi connectivity index (χ1n) is 5.17. The van der Waals surface area contributed by atoms with Crippen LogP contribution < -0.4 is 5.32 Å². The second kappa shape index (κ2) is 5.49. The molecule has 94 valence electrons. The summed E-state index contributed by atoms with van der Waals surface area (Å²) in [7, 11) is 0. The zero-order valence-corrected chi connectivity index (χ0v) is 10.8. The molecule has 1 N–H and O–H groups in total. The number of halogens is 2. The fraction of sp³-hybridized carbons (Fsp3) is 0.417. The third-order valence-corrected chi connectivity index (χ3v) is 2.77. The van der Waals surface area contributed by atoms with E-state index in [0.29, 0.717) is 4.90 Å². The van der Waals surface area contributed by atoms with Gasteiger partial charge in [-0.3, -0.25) is 4.79 Å². The van der Waals surface area contributed by atoms with E-state index in [1.807, 2.05) is 20.8 Å². The molecule has 0 atom stereocenters. The molecule has 1 aromatic carbocycles. The van der Waals surface area contributed by atoms with Gasteiger partial charge in [0.25, 0.3) is 0 Å². The van der Waals surface area contributed by atoms with Crippen molar-refractivity contribution in [2.24, 2.45) is 0 Å². The maximum Gasteiger partial charge on any atom is 0.230 e. The van der Waals surface area contributed by atoms with Gasteiger partial charge in [-0.2, -0.15) is 0 Å². The zero-order valence-electron chi connectivity index (χ0n) is 10.0. The molecule has 0 aromatic heterocycles. The second-order valence-electron chi connectivity index (χ2n) is 4.66. The van der Waals surface area contributed by atoms with Crippen LogP contribution in [0.25, 0.3) is 0 Å². The van der Waals surface area contributed by atoms with E-state index < -0.39 is 11.6 Å². The van der Waals surface area contributed by atoms with Gasteiger partial charge in [-0.1, -0.05) is 0 Å². The van der Waals surface area contributed by atoms with Gasteiger partial charge in [0.1, 0.15) is 0 Å². The van der Waals surface area contributed by atoms with Crippen LogP contribution >= 0.6 is 11.8 Å². The smallest absolute Gasteiger partial charge is 0.230 e. The summed E-state index contributed by atoms with van der Waals surface area (Å²) in [6.07, 6.45) is 0. The molecule has 0 aliphatic heterocycles. The van der Waals surface area contributed by atoms with Gasteiger partial charge >= 0.3 is 0 Å². The van der Waals surface area contributed by atoms with E-state index in [1.165, 1.54) is 17.8 Å². The molecule has 0 heterocycles. The molecule has 1 aromatic rings. The quantitative estimate of drug-likeness (QED) is 0.846. The van der Waals surface area contributed by atoms with Gasteiger partial charge in [0.15, 0.2) is 11.6 Å². The lowest BCUT2D eigenvalue weighted by Gasteiger charge is -2.20. The Labute approximate surface area is 104 Å². The molecule has 2 nitrogen and oxygen atoms in total. The lowest BCUT2D eigenvalue weighted by atomic mass is 10.1. The van der Waals surface area contributed by atoms with E-state index in [9.17, 15) is 13.6 Å². The highest BCUT2D eigenvalue weighted by Gasteiger charge is 2.13. The molecule has 0 saturated carbocycles. The van der Waals surface area contributed by atoms with E-state index in [2.05, 4.69) is 5.32 Å². The Kier molecular flexibility index (Phi) is 4.51. The standard InChI is InChI=1S/C12H15F2NOS/c1-12(2,3)15-11(16)7-17-8-4-5-9(13)10(14)6-8/h4-6H,7H2,1-3H3,(H,15,16). The van der Waals surface area contributed by atoms with Crippen molar-refractivity contribution in [3.63, 3.8) is 0 Å². The van der Waals surface area contributed by atoms with Gasteiger partial charge < -0.3 is 5.32 Å². The van der Waals surface area contributed by atoms with E-state index in [0.717, 1.165) is 12.1 Å². The van der Waals surface area contributed by atoms with Gasteiger partial charge in [-0.05, 0) is 39.0 Å². The maximum atomic E-state index is 12.9. The van der Waals surface area contributed by atoms with Crippen LogP contribution in [-0.2, 0) is 4.79 Å². The minimum atomic E-state index is -0.897. The van der Waals surface area contributed by atoms with Crippen molar-refractivity contribution in [2.75, 3.05) is 5.75 Å². The first kappa shape index (κ1) is 14.0. The molecule has 1 amide bonds. The molecule has 0 aliphatic carbocycles. The van der Waals surface area contributed by atoms with Gasteiger partial charge in [0.2, 0.25) is 5.91 Å². The molecule has 0 fully saturated rings. The van der Waals surface area contributed by atoms with E-state index in [4.69, 9.17) is 0 Å². The molecule has 5 heteroatoms. The van der Waals surface area contributed by atoms with Gasteiger partial charge in [-0.15, -0.1) is 11.8 Å². The van der Waals surface area contributed by atoms with Gasteiger partial charge in [-0.25, -0.2) is 8.78 Å². The Morgan fingerprint density at radius 1 is 1.29 bits per heavy atom. The molecule has 0 unspecified atom stereocenters. The lowest BCUT2D eigenvalue weighted by molar-refractivity contribution is -0.119. The summed E-state index contributed by atoms with van der Waals surface area (Å²) in [5, 5.41) is 2.79. The van der Waals surface area contributed by atoms with Gasteiger partial charge in [0, 0.05) is 10.4 Å². The predicted molar refractivity (Wildman–Crippen MR) is 65.0 cm³/mol. The molecular weight excluding hydrogens is 244 g/mol. The molecule has 17 heavy (non-hydrogen) atoms. The number of hydrogen-bond donors (Lipinski definition) is 1. The Morgan fingerprint density at radius 3 is 2.47 bits per heavy atom. The number of carbonyl (C=O) groups excluding carboxylic acids is 1. The molecule has 0 saturated heterocycles. The van der Waals surface area contributed by atoms with Crippen molar-refractivity contribution in [1.29, 1.82) is 0 Å². The monoisotopic (exact) mass is 259 g/mol. The highest BCUT2D eigenvalue weighted by molar-refractivity contribution is 8.00. The molecule has 1 rings (SSSR count). The zero-order chi connectivity index (χ0) is 13.1. The SMILES string of the molecule is CC(C)(C)NC(=O)CSc1ccc(F)c(F)c1. The van der Waals surface area contributed by atoms with Crippen LogP contribution in [0.5, 0.6) is 0 Å². The molecule has 0 bridgehead atoms. The summed E-state index contributed by atoms with van der Waals surface area (Å²) in [5.74, 6) is -1.73. The summed E-state index contributed by atoms with van der Waals surface area (Å²) in [6, 6.07) is 3.59. The topological polar surface area (TPSA) is 29.1 Å². The molecular formula is C12H15F2NOS. The van der Waals surface area contributed by atoms with Crippen molar-refractivity contribution < 1.29 is 13.6 Å². The lowest BCUT2D eigenvalue weighted by Crippen LogP contribution is -2.41. The van der Waals surface area contributed by atoms with Crippen molar-refractivity contribution >= 4 is 17.7 Å². The van der Waals surface area contributed by atoms with Crippen LogP contribution in [-0.4, -0.2) is 17.2 Å². The Morgan fingerprint density at radius 2 is 1.94 bits per heavy atom. The fourth-order valence-corrected chi connectivity index (χ4v) is 1.89. The first-order chi connectivity index (χ1) is 7.78. The number of rotatable bonds is 3. The van der Waals surface area contributed by atoms with Gasteiger partial charge in [0.05, 0.1) is 5.75 Å². The summed E-state index contributed by atoms with van der Waals surface area (Å²) in [6.45, 7) is 5.65. The van der Waals surface area contributed by atoms with Crippen LogP contribution in [0.3, 0.4) is 0 Å². The number of nitrogens with one attached hydrogen (secondary N) is 1. The third-order valence-electron chi connectivity index (χ3n) is 1.78. The predicted octanol–water partition coefficient (Wildman–Crippen LogP) is 2.97. The Hall–Kier alpha value is -1.10. The van der Waals surface area contributed by atoms with E-state index in [-0.39, 0.29) is 17.2 Å². The number of amides is 1. The average molecular weight is 259 g/mol. The summed E-state index contributed by atoms with van der Waals surface area (Å²) in [4.78, 5) is 12.0. The van der Waals surface area contributed by atoms with Crippen LogP contribution in [0.1, 0.15) is 20.8 Å². The van der Waals surface area contributed by atoms with Crippen molar-refractivity contribution in [1.82, 2.24) is 5.32 Å². The van der Waals surface area contributed by atoms with Crippen LogP contribution in [0.4, 0.5) is 8.78 Å². The summed E-state index contributed by atoms with van der Waals surface area (Å²) < 4.78 is 25.5. The number of hydrogen-bond acceptors (Lipinski definition) is 2. The van der Waals surface area contributed by atoms with Crippen molar-refractivity contribution in [3.05, 3.63) is 29.8 Å². The number of benzene rings is 1. The molecule has 0 radical (unpaired) electrons. The first-order valence-corrected chi connectivity index (χ1v) is 6.15. The van der Waals surface area contributed by atoms with E-state index >= 15 is 0 Å². The minimum Gasteiger partial charge on any atom is -0.351 e. The van der Waals surface area contributed by atoms with Crippen LogP contribution in [0.15, 0.2) is 23.1 Å². The van der Waals surface area contributed by atoms with Crippen LogP contribution in [0, 0.1) is 11.6 Å². The fourth-order valence-electron chi connectivity index (χ4n) is 1.17. The second-order valence-corrected chi connectivity index (χ2v) is 5.71. The van der Waals surface area contributed by atoms with Crippen molar-refractivity contribution in [3.8, 4) is 0 Å². The van der Waals surface area contributed by atoms with E-state index in [1.54, 1.807) is 0 Å². The van der Waals surface area contributed by atoms with Crippen molar-refractivity contribution in [2.45, 2.75) is 31.2 Å². The summed E-state index contributed by atoms with van der Waals surface area (Å²) >= 11 is 1.17. The average Bonchev–Trinajstić information content (AvgIpc) is 2.17. The highest BCUT2D eigenvalue weighted by atomic mass is 32.2. The minimum absolute atomic E-state index is 0.132. The summed E-state index contributed by atoms with van der Waals surface area (Å²) in [5.41, 5.74) is -0.286. The highest BCUT2D eigenvalue weighted by Crippen LogP contribution is 2.20. The normalized spacial score (nSPS) is 11.4. The molecule has 0 aliphatic rings. The van der Waals surface area contributed by atoms with Crippen LogP contribution in [0.2, 0.25) is 0 Å². The largest absolute Gasteiger partial charge is 0.351 e. The molecule has 0 spiro atoms. The number of carbonyl (C=O) groups is 1. The Bertz CT molecular complexity index is 415. The number of thioether (sulfide) groups is 1. The maximum absolute atomic E-state index is 12.9.